The van der Waals surface area contributed by atoms with Crippen LogP contribution in [0.15, 0.2) is 16.5 Å². The molecule has 2 saturated heterocycles. The topological polar surface area (TPSA) is 103 Å². The van der Waals surface area contributed by atoms with E-state index < -0.39 is 17.6 Å². The molecule has 1 atom stereocenters. The Morgan fingerprint density at radius 3 is 2.55 bits per heavy atom. The van der Waals surface area contributed by atoms with Gasteiger partial charge in [-0.25, -0.2) is 4.79 Å². The number of hydrogen-bond donors (Lipinski definition) is 2. The van der Waals surface area contributed by atoms with Gasteiger partial charge in [0.2, 0.25) is 17.6 Å². The fourth-order valence-corrected chi connectivity index (χ4v) is 5.81. The third kappa shape index (κ3) is 5.10. The molecule has 3 fully saturated rings. The summed E-state index contributed by atoms with van der Waals surface area (Å²) in [5.74, 6) is 0.0870. The minimum Gasteiger partial charge on any atom is -0.475 e. The number of nitrogens with zero attached hydrogens (tertiary/aromatic N) is 2. The molecule has 0 bridgehead atoms. The standard InChI is InChI=1S/C25H37N3O5/c1-2-3-13-28-22(29)20(16-18-7-5-4-6-8-18)26-24(32)25(28)11-14-27(15-12-25)17-19-9-10-21(33-19)23(30)31/h9-10,18,20H,2-8,11-17H2,1H3,(H,26,32)(H,30,31). The molecule has 1 saturated carbocycles. The molecule has 1 unspecified atom stereocenters. The summed E-state index contributed by atoms with van der Waals surface area (Å²) in [6.07, 6.45) is 9.84. The highest BCUT2D eigenvalue weighted by molar-refractivity contribution is 6.00. The molecule has 0 radical (unpaired) electrons. The lowest BCUT2D eigenvalue weighted by Crippen LogP contribution is -2.73. The van der Waals surface area contributed by atoms with E-state index in [-0.39, 0.29) is 17.6 Å². The Kier molecular flexibility index (Phi) is 7.41. The number of carbonyl (C=O) groups excluding carboxylic acids is 2. The summed E-state index contributed by atoms with van der Waals surface area (Å²) >= 11 is 0. The second kappa shape index (κ2) is 10.3. The number of amides is 2. The van der Waals surface area contributed by atoms with Gasteiger partial charge in [0.25, 0.3) is 0 Å². The molecule has 2 aliphatic heterocycles. The maximum absolute atomic E-state index is 13.6. The minimum atomic E-state index is -1.08. The van der Waals surface area contributed by atoms with Gasteiger partial charge in [0, 0.05) is 19.6 Å². The molecule has 3 heterocycles. The summed E-state index contributed by atoms with van der Waals surface area (Å²) in [6, 6.07) is 2.77. The van der Waals surface area contributed by atoms with Crippen LogP contribution in [0.25, 0.3) is 0 Å². The van der Waals surface area contributed by atoms with Crippen LogP contribution in [0.1, 0.15) is 87.4 Å². The number of hydrogen-bond acceptors (Lipinski definition) is 5. The van der Waals surface area contributed by atoms with Crippen LogP contribution in [0.3, 0.4) is 0 Å². The monoisotopic (exact) mass is 459 g/mol. The summed E-state index contributed by atoms with van der Waals surface area (Å²) in [4.78, 5) is 42.2. The van der Waals surface area contributed by atoms with Gasteiger partial charge in [0.15, 0.2) is 0 Å². The number of furan rings is 1. The molecular weight excluding hydrogens is 422 g/mol. The molecule has 1 aromatic heterocycles. The molecule has 3 aliphatic rings. The minimum absolute atomic E-state index is 0.00447. The Bertz CT molecular complexity index is 852. The summed E-state index contributed by atoms with van der Waals surface area (Å²) in [7, 11) is 0. The number of rotatable bonds is 8. The smallest absolute Gasteiger partial charge is 0.371 e. The lowest BCUT2D eigenvalue weighted by molar-refractivity contribution is -0.162. The molecule has 4 rings (SSSR count). The highest BCUT2D eigenvalue weighted by Gasteiger charge is 2.53. The van der Waals surface area contributed by atoms with Crippen molar-refractivity contribution < 1.29 is 23.9 Å². The number of carboxylic acids is 1. The number of piperidine rings is 1. The number of unbranched alkanes of at least 4 members (excludes halogenated alkanes) is 1. The largest absolute Gasteiger partial charge is 0.475 e. The number of likely N-dealkylation sites (tertiary alicyclic amines) is 1. The van der Waals surface area contributed by atoms with Crippen LogP contribution in [0.2, 0.25) is 0 Å². The van der Waals surface area contributed by atoms with Gasteiger partial charge in [-0.05, 0) is 43.7 Å². The number of aromatic carboxylic acids is 1. The van der Waals surface area contributed by atoms with Crippen LogP contribution < -0.4 is 5.32 Å². The van der Waals surface area contributed by atoms with Gasteiger partial charge in [0.1, 0.15) is 17.3 Å². The number of piperazine rings is 1. The van der Waals surface area contributed by atoms with Crippen molar-refractivity contribution in [2.75, 3.05) is 19.6 Å². The van der Waals surface area contributed by atoms with Gasteiger partial charge >= 0.3 is 5.97 Å². The molecule has 0 aromatic carbocycles. The van der Waals surface area contributed by atoms with Crippen LogP contribution in [0.4, 0.5) is 0 Å². The summed E-state index contributed by atoms with van der Waals surface area (Å²) in [6.45, 7) is 4.54. The van der Waals surface area contributed by atoms with Crippen molar-refractivity contribution in [3.05, 3.63) is 23.7 Å². The molecule has 182 valence electrons. The highest BCUT2D eigenvalue weighted by atomic mass is 16.4. The average Bonchev–Trinajstić information content (AvgIpc) is 3.28. The zero-order valence-corrected chi connectivity index (χ0v) is 19.7. The van der Waals surface area contributed by atoms with Gasteiger partial charge in [-0.1, -0.05) is 45.4 Å². The van der Waals surface area contributed by atoms with Crippen molar-refractivity contribution in [3.8, 4) is 0 Å². The van der Waals surface area contributed by atoms with Crippen molar-refractivity contribution in [3.63, 3.8) is 0 Å². The molecule has 1 aliphatic carbocycles. The fraction of sp³-hybridized carbons (Fsp3) is 0.720. The van der Waals surface area contributed by atoms with Crippen LogP contribution in [-0.4, -0.2) is 63.9 Å². The lowest BCUT2D eigenvalue weighted by atomic mass is 9.79. The number of carbonyl (C=O) groups is 3. The second-order valence-corrected chi connectivity index (χ2v) is 9.99. The van der Waals surface area contributed by atoms with Crippen molar-refractivity contribution in [1.29, 1.82) is 0 Å². The average molecular weight is 460 g/mol. The molecular formula is C25H37N3O5. The van der Waals surface area contributed by atoms with E-state index >= 15 is 0 Å². The molecule has 2 amide bonds. The third-order valence-electron chi connectivity index (χ3n) is 7.77. The van der Waals surface area contributed by atoms with Gasteiger partial charge < -0.3 is 19.7 Å². The van der Waals surface area contributed by atoms with E-state index in [1.54, 1.807) is 6.07 Å². The number of nitrogens with one attached hydrogen (secondary N) is 1. The van der Waals surface area contributed by atoms with Crippen LogP contribution >= 0.6 is 0 Å². The Hall–Kier alpha value is -2.35. The van der Waals surface area contributed by atoms with Crippen molar-refractivity contribution in [2.24, 2.45) is 5.92 Å². The van der Waals surface area contributed by atoms with Crippen LogP contribution in [0.5, 0.6) is 0 Å². The Morgan fingerprint density at radius 1 is 1.18 bits per heavy atom. The maximum atomic E-state index is 13.6. The first-order valence-corrected chi connectivity index (χ1v) is 12.6. The lowest BCUT2D eigenvalue weighted by Gasteiger charge is -2.52. The zero-order chi connectivity index (χ0) is 23.4. The maximum Gasteiger partial charge on any atom is 0.371 e. The third-order valence-corrected chi connectivity index (χ3v) is 7.77. The SMILES string of the molecule is CCCCN1C(=O)C(CC2CCCCC2)NC(=O)C12CCN(Cc1ccc(C(=O)O)o1)CC2. The van der Waals surface area contributed by atoms with Crippen LogP contribution in [0, 0.1) is 5.92 Å². The van der Waals surface area contributed by atoms with Crippen LogP contribution in [-0.2, 0) is 16.1 Å². The summed E-state index contributed by atoms with van der Waals surface area (Å²) in [5.41, 5.74) is -0.777. The molecule has 8 heteroatoms. The molecule has 2 N–H and O–H groups in total. The first-order chi connectivity index (χ1) is 15.9. The number of carboxylic acid groups (broad SMARTS) is 1. The van der Waals surface area contributed by atoms with E-state index in [1.807, 2.05) is 4.90 Å². The van der Waals surface area contributed by atoms with Gasteiger partial charge in [-0.3, -0.25) is 14.5 Å². The normalized spacial score (nSPS) is 24.3. The molecule has 1 aromatic rings. The Balaban J connectivity index is 1.43. The fourth-order valence-electron chi connectivity index (χ4n) is 5.81. The molecule has 8 nitrogen and oxygen atoms in total. The predicted molar refractivity (Wildman–Crippen MR) is 123 cm³/mol. The Morgan fingerprint density at radius 2 is 1.91 bits per heavy atom. The zero-order valence-electron chi connectivity index (χ0n) is 19.7. The summed E-state index contributed by atoms with van der Waals surface area (Å²) < 4.78 is 5.40. The first kappa shape index (κ1) is 23.8. The second-order valence-electron chi connectivity index (χ2n) is 9.99. The predicted octanol–water partition coefficient (Wildman–Crippen LogP) is 3.41. The van der Waals surface area contributed by atoms with Crippen molar-refractivity contribution in [1.82, 2.24) is 15.1 Å². The van der Waals surface area contributed by atoms with E-state index in [0.717, 1.165) is 32.1 Å². The summed E-state index contributed by atoms with van der Waals surface area (Å²) in [5, 5.41) is 12.2. The van der Waals surface area contributed by atoms with E-state index in [4.69, 9.17) is 9.52 Å². The van der Waals surface area contributed by atoms with Crippen molar-refractivity contribution >= 4 is 17.8 Å². The van der Waals surface area contributed by atoms with E-state index in [9.17, 15) is 14.4 Å². The van der Waals surface area contributed by atoms with E-state index in [2.05, 4.69) is 17.1 Å². The molecule has 1 spiro atoms. The first-order valence-electron chi connectivity index (χ1n) is 12.6. The van der Waals surface area contributed by atoms with Gasteiger partial charge in [-0.2, -0.15) is 0 Å². The van der Waals surface area contributed by atoms with Gasteiger partial charge in [0.05, 0.1) is 6.54 Å². The van der Waals surface area contributed by atoms with Gasteiger partial charge in [-0.15, -0.1) is 0 Å². The Labute approximate surface area is 195 Å². The quantitative estimate of drug-likeness (QED) is 0.618. The highest BCUT2D eigenvalue weighted by Crippen LogP contribution is 2.36. The van der Waals surface area contributed by atoms with E-state index in [1.165, 1.54) is 25.3 Å². The van der Waals surface area contributed by atoms with E-state index in [0.29, 0.717) is 50.7 Å². The molecule has 33 heavy (non-hydrogen) atoms. The van der Waals surface area contributed by atoms with Crippen molar-refractivity contribution in [2.45, 2.75) is 89.3 Å².